The fraction of sp³-hybridized carbons (Fsp3) is 0.714. The average molecular weight is 235 g/mol. The smallest absolute Gasteiger partial charge is 0.0331 e. The minimum atomic E-state index is 0.605. The molecule has 0 amide bonds. The number of fused-ring (bicyclic) bond motifs is 1. The van der Waals surface area contributed by atoms with Crippen molar-refractivity contribution in [2.45, 2.75) is 51.5 Å². The van der Waals surface area contributed by atoms with Gasteiger partial charge in [-0.25, -0.2) is 0 Å². The van der Waals surface area contributed by atoms with E-state index in [9.17, 15) is 0 Å². The predicted octanol–water partition coefficient (Wildman–Crippen LogP) is 3.91. The van der Waals surface area contributed by atoms with Crippen molar-refractivity contribution in [3.05, 3.63) is 21.9 Å². The van der Waals surface area contributed by atoms with Gasteiger partial charge in [0.2, 0.25) is 0 Å². The second kappa shape index (κ2) is 4.15. The number of aryl methyl sites for hydroxylation is 1. The maximum Gasteiger partial charge on any atom is 0.0331 e. The van der Waals surface area contributed by atoms with Gasteiger partial charge in [0.15, 0.2) is 0 Å². The van der Waals surface area contributed by atoms with Gasteiger partial charge in [-0.3, -0.25) is 0 Å². The second-order valence-electron chi connectivity index (χ2n) is 5.79. The maximum atomic E-state index is 3.81. The van der Waals surface area contributed by atoms with Crippen LogP contribution in [0.25, 0.3) is 0 Å². The molecule has 88 valence electrons. The Bertz CT molecular complexity index is 365. The molecule has 2 aliphatic carbocycles. The summed E-state index contributed by atoms with van der Waals surface area (Å²) in [6, 6.07) is 2.98. The molecule has 1 nitrogen and oxygen atoms in total. The van der Waals surface area contributed by atoms with Gasteiger partial charge >= 0.3 is 0 Å². The van der Waals surface area contributed by atoms with Crippen molar-refractivity contribution >= 4 is 11.3 Å². The Kier molecular flexibility index (Phi) is 2.80. The van der Waals surface area contributed by atoms with Crippen LogP contribution in [0.2, 0.25) is 0 Å². The van der Waals surface area contributed by atoms with E-state index in [1.807, 2.05) is 11.3 Å². The number of hydrogen-bond donors (Lipinski definition) is 1. The molecule has 0 aliphatic heterocycles. The Morgan fingerprint density at radius 1 is 1.44 bits per heavy atom. The topological polar surface area (TPSA) is 12.0 Å². The van der Waals surface area contributed by atoms with Crippen LogP contribution >= 0.6 is 11.3 Å². The van der Waals surface area contributed by atoms with Crippen LogP contribution in [0.15, 0.2) is 11.4 Å². The van der Waals surface area contributed by atoms with Crippen molar-refractivity contribution in [3.8, 4) is 0 Å². The van der Waals surface area contributed by atoms with E-state index < -0.39 is 0 Å². The number of hydrogen-bond acceptors (Lipinski definition) is 2. The summed E-state index contributed by atoms with van der Waals surface area (Å²) in [5.74, 6) is 0. The van der Waals surface area contributed by atoms with E-state index in [0.717, 1.165) is 0 Å². The molecule has 0 aromatic carbocycles. The van der Waals surface area contributed by atoms with Gasteiger partial charge < -0.3 is 5.32 Å². The Labute approximate surface area is 102 Å². The Morgan fingerprint density at radius 2 is 2.31 bits per heavy atom. The first-order valence-corrected chi connectivity index (χ1v) is 7.44. The molecular formula is C14H21NS. The Hall–Kier alpha value is -0.340. The first-order chi connectivity index (χ1) is 7.77. The van der Waals surface area contributed by atoms with E-state index in [-0.39, 0.29) is 0 Å². The zero-order valence-corrected chi connectivity index (χ0v) is 10.9. The van der Waals surface area contributed by atoms with Crippen LogP contribution in [0.4, 0.5) is 0 Å². The zero-order valence-electron chi connectivity index (χ0n) is 10.1. The third-order valence-electron chi connectivity index (χ3n) is 4.39. The molecule has 0 bridgehead atoms. The predicted molar refractivity (Wildman–Crippen MR) is 70.0 cm³/mol. The van der Waals surface area contributed by atoms with E-state index in [1.165, 1.54) is 45.1 Å². The van der Waals surface area contributed by atoms with Crippen LogP contribution in [0.3, 0.4) is 0 Å². The summed E-state index contributed by atoms with van der Waals surface area (Å²) < 4.78 is 0. The van der Waals surface area contributed by atoms with E-state index in [0.29, 0.717) is 11.5 Å². The third kappa shape index (κ3) is 1.93. The van der Waals surface area contributed by atoms with Crippen LogP contribution in [0, 0.1) is 5.41 Å². The van der Waals surface area contributed by atoms with Crippen molar-refractivity contribution in [3.63, 3.8) is 0 Å². The van der Waals surface area contributed by atoms with Gasteiger partial charge in [0.05, 0.1) is 0 Å². The van der Waals surface area contributed by atoms with E-state index in [1.54, 1.807) is 10.4 Å². The highest BCUT2D eigenvalue weighted by atomic mass is 32.1. The molecule has 1 heterocycles. The first kappa shape index (κ1) is 10.8. The molecule has 1 saturated carbocycles. The lowest BCUT2D eigenvalue weighted by molar-refractivity contribution is 0.149. The Morgan fingerprint density at radius 3 is 3.06 bits per heavy atom. The quantitative estimate of drug-likeness (QED) is 0.837. The van der Waals surface area contributed by atoms with Crippen LogP contribution < -0.4 is 5.32 Å². The van der Waals surface area contributed by atoms with Crippen molar-refractivity contribution in [2.24, 2.45) is 5.41 Å². The molecule has 1 fully saturated rings. The molecule has 2 aliphatic rings. The highest BCUT2D eigenvalue weighted by molar-refractivity contribution is 7.10. The molecule has 0 spiro atoms. The van der Waals surface area contributed by atoms with Gasteiger partial charge in [-0.2, -0.15) is 0 Å². The second-order valence-corrected chi connectivity index (χ2v) is 6.79. The van der Waals surface area contributed by atoms with E-state index >= 15 is 0 Å². The van der Waals surface area contributed by atoms with Crippen molar-refractivity contribution in [2.75, 3.05) is 6.54 Å². The van der Waals surface area contributed by atoms with Crippen LogP contribution in [-0.4, -0.2) is 6.54 Å². The molecule has 1 aromatic heterocycles. The van der Waals surface area contributed by atoms with Gasteiger partial charge in [0.1, 0.15) is 0 Å². The number of rotatable bonds is 3. The van der Waals surface area contributed by atoms with Gasteiger partial charge in [-0.1, -0.05) is 13.3 Å². The fourth-order valence-electron chi connectivity index (χ4n) is 3.03. The van der Waals surface area contributed by atoms with Crippen molar-refractivity contribution in [1.29, 1.82) is 0 Å². The molecule has 1 atom stereocenters. The molecular weight excluding hydrogens is 214 g/mol. The van der Waals surface area contributed by atoms with Gasteiger partial charge in [0.25, 0.3) is 0 Å². The number of thiophene rings is 1. The average Bonchev–Trinajstić information content (AvgIpc) is 2.72. The van der Waals surface area contributed by atoms with Gasteiger partial charge in [0, 0.05) is 17.5 Å². The summed E-state index contributed by atoms with van der Waals surface area (Å²) >= 11 is 1.94. The molecule has 2 heteroatoms. The lowest BCUT2D eigenvalue weighted by atomic mass is 9.70. The minimum Gasteiger partial charge on any atom is -0.309 e. The lowest BCUT2D eigenvalue weighted by Gasteiger charge is -2.40. The van der Waals surface area contributed by atoms with Crippen molar-refractivity contribution in [1.82, 2.24) is 5.32 Å². The molecule has 0 saturated heterocycles. The zero-order chi connectivity index (χ0) is 11.0. The fourth-order valence-corrected chi connectivity index (χ4v) is 4.01. The van der Waals surface area contributed by atoms with Crippen LogP contribution in [0.5, 0.6) is 0 Å². The molecule has 1 aromatic rings. The van der Waals surface area contributed by atoms with Crippen molar-refractivity contribution < 1.29 is 0 Å². The van der Waals surface area contributed by atoms with E-state index in [2.05, 4.69) is 23.7 Å². The third-order valence-corrected chi connectivity index (χ3v) is 5.38. The monoisotopic (exact) mass is 235 g/mol. The molecule has 3 rings (SSSR count). The number of nitrogens with one attached hydrogen (secondary N) is 1. The molecule has 16 heavy (non-hydrogen) atoms. The van der Waals surface area contributed by atoms with Gasteiger partial charge in [-0.05, 0) is 54.5 Å². The normalized spacial score (nSPS) is 27.2. The largest absolute Gasteiger partial charge is 0.309 e. The highest BCUT2D eigenvalue weighted by Gasteiger charge is 2.32. The summed E-state index contributed by atoms with van der Waals surface area (Å²) in [4.78, 5) is 1.63. The first-order valence-electron chi connectivity index (χ1n) is 6.57. The molecule has 0 radical (unpaired) electrons. The standard InChI is InChI=1S/C14H21NS/c1-14(7-3-8-14)10-15-12-4-2-5-13-11(12)6-9-16-13/h6,9,12,15H,2-5,7-8,10H2,1H3. The van der Waals surface area contributed by atoms with E-state index in [4.69, 9.17) is 0 Å². The Balaban J connectivity index is 1.64. The SMILES string of the molecule is CC1(CNC2CCCc3sccc32)CCC1. The molecule has 1 unspecified atom stereocenters. The molecule has 1 N–H and O–H groups in total. The highest BCUT2D eigenvalue weighted by Crippen LogP contribution is 2.41. The minimum absolute atomic E-state index is 0.605. The van der Waals surface area contributed by atoms with Crippen LogP contribution in [-0.2, 0) is 6.42 Å². The summed E-state index contributed by atoms with van der Waals surface area (Å²) in [6.45, 7) is 3.65. The summed E-state index contributed by atoms with van der Waals surface area (Å²) in [7, 11) is 0. The lowest BCUT2D eigenvalue weighted by Crippen LogP contribution is -2.39. The summed E-state index contributed by atoms with van der Waals surface area (Å²) in [6.07, 6.45) is 8.28. The summed E-state index contributed by atoms with van der Waals surface area (Å²) in [5.41, 5.74) is 2.20. The van der Waals surface area contributed by atoms with Gasteiger partial charge in [-0.15, -0.1) is 11.3 Å². The van der Waals surface area contributed by atoms with Crippen LogP contribution in [0.1, 0.15) is 55.5 Å². The maximum absolute atomic E-state index is 3.81. The summed E-state index contributed by atoms with van der Waals surface area (Å²) in [5, 5.41) is 6.07.